The van der Waals surface area contributed by atoms with Gasteiger partial charge in [0.15, 0.2) is 0 Å². The lowest BCUT2D eigenvalue weighted by molar-refractivity contribution is -0.137. The standard InChI is InChI=1S/C13H11F3OS/c1-8-6-11(7-17)18-12(8)9-2-4-10(5-3-9)13(14,15)16/h2-6,17H,7H2,1H3. The third-order valence-electron chi connectivity index (χ3n) is 2.60. The number of hydrogen-bond donors (Lipinski definition) is 1. The number of benzene rings is 1. The molecule has 18 heavy (non-hydrogen) atoms. The maximum Gasteiger partial charge on any atom is 0.416 e. The highest BCUT2D eigenvalue weighted by Crippen LogP contribution is 2.35. The Bertz CT molecular complexity index is 540. The second kappa shape index (κ2) is 4.74. The molecule has 1 aromatic heterocycles. The van der Waals surface area contributed by atoms with Crippen molar-refractivity contribution in [1.82, 2.24) is 0 Å². The summed E-state index contributed by atoms with van der Waals surface area (Å²) >= 11 is 1.39. The summed E-state index contributed by atoms with van der Waals surface area (Å²) in [7, 11) is 0. The molecule has 5 heteroatoms. The SMILES string of the molecule is Cc1cc(CO)sc1-c1ccc(C(F)(F)F)cc1. The highest BCUT2D eigenvalue weighted by Gasteiger charge is 2.30. The van der Waals surface area contributed by atoms with Crippen LogP contribution < -0.4 is 0 Å². The zero-order valence-electron chi connectivity index (χ0n) is 9.58. The monoisotopic (exact) mass is 272 g/mol. The number of thiophene rings is 1. The van der Waals surface area contributed by atoms with E-state index in [-0.39, 0.29) is 6.61 Å². The van der Waals surface area contributed by atoms with Crippen LogP contribution in [-0.2, 0) is 12.8 Å². The highest BCUT2D eigenvalue weighted by molar-refractivity contribution is 7.15. The van der Waals surface area contributed by atoms with Crippen LogP contribution in [0.4, 0.5) is 13.2 Å². The Morgan fingerprint density at radius 1 is 1.17 bits per heavy atom. The van der Waals surface area contributed by atoms with Gasteiger partial charge in [0.2, 0.25) is 0 Å². The molecule has 0 fully saturated rings. The molecule has 0 spiro atoms. The second-order valence-electron chi connectivity index (χ2n) is 3.96. The van der Waals surface area contributed by atoms with Crippen molar-refractivity contribution in [1.29, 1.82) is 0 Å². The molecule has 2 rings (SSSR count). The Balaban J connectivity index is 2.37. The zero-order valence-corrected chi connectivity index (χ0v) is 10.4. The lowest BCUT2D eigenvalue weighted by Gasteiger charge is -2.07. The molecule has 1 aromatic carbocycles. The van der Waals surface area contributed by atoms with Crippen molar-refractivity contribution in [3.63, 3.8) is 0 Å². The molecule has 0 radical (unpaired) electrons. The molecule has 2 aromatic rings. The van der Waals surface area contributed by atoms with E-state index in [0.29, 0.717) is 0 Å². The summed E-state index contributed by atoms with van der Waals surface area (Å²) in [6.07, 6.45) is -4.31. The largest absolute Gasteiger partial charge is 0.416 e. The van der Waals surface area contributed by atoms with Crippen molar-refractivity contribution in [3.05, 3.63) is 46.3 Å². The molecule has 0 aliphatic rings. The highest BCUT2D eigenvalue weighted by atomic mass is 32.1. The van der Waals surface area contributed by atoms with Gasteiger partial charge < -0.3 is 5.11 Å². The summed E-state index contributed by atoms with van der Waals surface area (Å²) in [5, 5.41) is 9.03. The summed E-state index contributed by atoms with van der Waals surface area (Å²) in [4.78, 5) is 1.70. The molecule has 0 saturated heterocycles. The van der Waals surface area contributed by atoms with Crippen LogP contribution in [0, 0.1) is 6.92 Å². The first-order chi connectivity index (χ1) is 8.41. The van der Waals surface area contributed by atoms with E-state index in [9.17, 15) is 13.2 Å². The molecule has 0 aliphatic heterocycles. The van der Waals surface area contributed by atoms with Gasteiger partial charge in [0.05, 0.1) is 12.2 Å². The van der Waals surface area contributed by atoms with E-state index in [1.54, 1.807) is 0 Å². The predicted octanol–water partition coefficient (Wildman–Crippen LogP) is 4.23. The van der Waals surface area contributed by atoms with Crippen LogP contribution in [0.2, 0.25) is 0 Å². The Morgan fingerprint density at radius 3 is 2.22 bits per heavy atom. The van der Waals surface area contributed by atoms with Crippen molar-refractivity contribution in [2.45, 2.75) is 19.7 Å². The minimum absolute atomic E-state index is 0.0495. The minimum Gasteiger partial charge on any atom is -0.391 e. The van der Waals surface area contributed by atoms with E-state index >= 15 is 0 Å². The average Bonchev–Trinajstić information content (AvgIpc) is 2.70. The van der Waals surface area contributed by atoms with Gasteiger partial charge in [-0.1, -0.05) is 12.1 Å². The predicted molar refractivity (Wildman–Crippen MR) is 65.4 cm³/mol. The van der Waals surface area contributed by atoms with Crippen molar-refractivity contribution in [2.75, 3.05) is 0 Å². The molecular weight excluding hydrogens is 261 g/mol. The van der Waals surface area contributed by atoms with Crippen LogP contribution in [-0.4, -0.2) is 5.11 Å². The van der Waals surface area contributed by atoms with Crippen molar-refractivity contribution in [2.24, 2.45) is 0 Å². The Kier molecular flexibility index (Phi) is 3.45. The number of hydrogen-bond acceptors (Lipinski definition) is 2. The number of halogens is 3. The number of alkyl halides is 3. The first-order valence-electron chi connectivity index (χ1n) is 5.29. The van der Waals surface area contributed by atoms with Gasteiger partial charge in [-0.3, -0.25) is 0 Å². The topological polar surface area (TPSA) is 20.2 Å². The summed E-state index contributed by atoms with van der Waals surface area (Å²) in [6.45, 7) is 1.83. The Hall–Kier alpha value is -1.33. The lowest BCUT2D eigenvalue weighted by atomic mass is 10.1. The normalized spacial score (nSPS) is 11.8. The number of rotatable bonds is 2. The summed E-state index contributed by atoms with van der Waals surface area (Å²) in [6, 6.07) is 6.92. The van der Waals surface area contributed by atoms with Gasteiger partial charge in [-0.25, -0.2) is 0 Å². The summed E-state index contributed by atoms with van der Waals surface area (Å²) in [5.74, 6) is 0. The van der Waals surface area contributed by atoms with Gasteiger partial charge in [-0.05, 0) is 36.2 Å². The maximum absolute atomic E-state index is 12.4. The fourth-order valence-electron chi connectivity index (χ4n) is 1.72. The second-order valence-corrected chi connectivity index (χ2v) is 5.09. The van der Waals surface area contributed by atoms with Crippen molar-refractivity contribution < 1.29 is 18.3 Å². The van der Waals surface area contributed by atoms with Crippen LogP contribution in [0.15, 0.2) is 30.3 Å². The van der Waals surface area contributed by atoms with Gasteiger partial charge in [0.1, 0.15) is 0 Å². The molecule has 0 saturated carbocycles. The van der Waals surface area contributed by atoms with E-state index in [1.807, 2.05) is 13.0 Å². The van der Waals surface area contributed by atoms with Crippen LogP contribution in [0.1, 0.15) is 16.0 Å². The van der Waals surface area contributed by atoms with Crippen molar-refractivity contribution >= 4 is 11.3 Å². The number of aryl methyl sites for hydroxylation is 1. The summed E-state index contributed by atoms with van der Waals surface area (Å²) in [5.41, 5.74) is 1.05. The van der Waals surface area contributed by atoms with E-state index in [0.717, 1.165) is 33.0 Å². The molecule has 0 unspecified atom stereocenters. The maximum atomic E-state index is 12.4. The first kappa shape index (κ1) is 13.1. The average molecular weight is 272 g/mol. The van der Waals surface area contributed by atoms with Gasteiger partial charge in [-0.15, -0.1) is 11.3 Å². The molecule has 0 bridgehead atoms. The van der Waals surface area contributed by atoms with Gasteiger partial charge in [-0.2, -0.15) is 13.2 Å². The smallest absolute Gasteiger partial charge is 0.391 e. The lowest BCUT2D eigenvalue weighted by Crippen LogP contribution is -2.03. The Morgan fingerprint density at radius 2 is 1.78 bits per heavy atom. The van der Waals surface area contributed by atoms with Crippen LogP contribution in [0.5, 0.6) is 0 Å². The minimum atomic E-state index is -4.31. The quantitative estimate of drug-likeness (QED) is 0.867. The van der Waals surface area contributed by atoms with Gasteiger partial charge in [0.25, 0.3) is 0 Å². The van der Waals surface area contributed by atoms with Crippen LogP contribution >= 0.6 is 11.3 Å². The third kappa shape index (κ3) is 2.57. The van der Waals surface area contributed by atoms with Crippen LogP contribution in [0.3, 0.4) is 0 Å². The zero-order chi connectivity index (χ0) is 13.3. The third-order valence-corrected chi connectivity index (χ3v) is 3.87. The fourth-order valence-corrected chi connectivity index (χ4v) is 2.76. The van der Waals surface area contributed by atoms with E-state index in [4.69, 9.17) is 5.11 Å². The first-order valence-corrected chi connectivity index (χ1v) is 6.11. The number of aliphatic hydroxyl groups excluding tert-OH is 1. The van der Waals surface area contributed by atoms with Gasteiger partial charge >= 0.3 is 6.18 Å². The molecule has 0 amide bonds. The van der Waals surface area contributed by atoms with E-state index in [1.165, 1.54) is 23.5 Å². The van der Waals surface area contributed by atoms with E-state index in [2.05, 4.69) is 0 Å². The van der Waals surface area contributed by atoms with Crippen molar-refractivity contribution in [3.8, 4) is 10.4 Å². The molecule has 96 valence electrons. The van der Waals surface area contributed by atoms with Gasteiger partial charge in [0, 0.05) is 9.75 Å². The van der Waals surface area contributed by atoms with Crippen LogP contribution in [0.25, 0.3) is 10.4 Å². The molecule has 1 N–H and O–H groups in total. The molecular formula is C13H11F3OS. The molecule has 1 nitrogen and oxygen atoms in total. The molecule has 0 atom stereocenters. The fraction of sp³-hybridized carbons (Fsp3) is 0.231. The number of aliphatic hydroxyl groups is 1. The molecule has 0 aliphatic carbocycles. The summed E-state index contributed by atoms with van der Waals surface area (Å²) < 4.78 is 37.3. The Labute approximate surface area is 107 Å². The van der Waals surface area contributed by atoms with E-state index < -0.39 is 11.7 Å². The molecule has 1 heterocycles.